The molecule has 1 heterocycles. The largest absolute Gasteiger partial charge is 0.409 e. The summed E-state index contributed by atoms with van der Waals surface area (Å²) in [6.45, 7) is 0.737. The number of anilines is 1. The molecule has 3 N–H and O–H groups in total. The van der Waals surface area contributed by atoms with E-state index in [0.29, 0.717) is 17.7 Å². The van der Waals surface area contributed by atoms with Gasteiger partial charge in [-0.2, -0.15) is 0 Å². The van der Waals surface area contributed by atoms with Crippen molar-refractivity contribution in [3.63, 3.8) is 0 Å². The number of amidine groups is 1. The number of nitrogens with zero attached hydrogens (tertiary/aromatic N) is 2. The molecule has 0 spiro atoms. The molecule has 0 saturated carbocycles. The maximum absolute atomic E-state index is 12.2. The van der Waals surface area contributed by atoms with Gasteiger partial charge in [-0.3, -0.25) is 4.79 Å². The zero-order chi connectivity index (χ0) is 14.5. The number of carbonyl (C=O) groups excluding carboxylic acids is 1. The minimum atomic E-state index is -0.00596. The van der Waals surface area contributed by atoms with Crippen LogP contribution < -0.4 is 10.6 Å². The summed E-state index contributed by atoms with van der Waals surface area (Å²) in [5.41, 5.74) is 6.82. The van der Waals surface area contributed by atoms with E-state index >= 15 is 0 Å². The molecule has 20 heavy (non-hydrogen) atoms. The predicted molar refractivity (Wildman–Crippen MR) is 76.0 cm³/mol. The molecule has 0 aromatic heterocycles. The van der Waals surface area contributed by atoms with Gasteiger partial charge in [0.1, 0.15) is 0 Å². The Hall–Kier alpha value is -2.08. The van der Waals surface area contributed by atoms with E-state index in [9.17, 15) is 4.79 Å². The summed E-state index contributed by atoms with van der Waals surface area (Å²) in [7, 11) is 1.71. The van der Waals surface area contributed by atoms with E-state index in [1.807, 2.05) is 6.07 Å². The Morgan fingerprint density at radius 2 is 2.40 bits per heavy atom. The van der Waals surface area contributed by atoms with Gasteiger partial charge in [0.25, 0.3) is 0 Å². The highest BCUT2D eigenvalue weighted by Crippen LogP contribution is 2.20. The third-order valence-electron chi connectivity index (χ3n) is 3.44. The van der Waals surface area contributed by atoms with E-state index in [1.165, 1.54) is 0 Å². The van der Waals surface area contributed by atoms with Gasteiger partial charge >= 0.3 is 0 Å². The lowest BCUT2D eigenvalue weighted by Gasteiger charge is -2.19. The number of oxime groups is 1. The summed E-state index contributed by atoms with van der Waals surface area (Å²) in [5.74, 6) is 0.0142. The van der Waals surface area contributed by atoms with E-state index in [1.54, 1.807) is 30.1 Å². The van der Waals surface area contributed by atoms with E-state index in [2.05, 4.69) is 5.16 Å². The molecule has 108 valence electrons. The van der Waals surface area contributed by atoms with Crippen molar-refractivity contribution in [2.24, 2.45) is 10.9 Å². The van der Waals surface area contributed by atoms with Crippen LogP contribution in [0.3, 0.4) is 0 Å². The van der Waals surface area contributed by atoms with Gasteiger partial charge in [-0.15, -0.1) is 0 Å². The molecule has 0 radical (unpaired) electrons. The Bertz CT molecular complexity index is 510. The summed E-state index contributed by atoms with van der Waals surface area (Å²) < 4.78 is 5.47. The molecular weight excluding hydrogens is 258 g/mol. The van der Waals surface area contributed by atoms with Gasteiger partial charge in [-0.1, -0.05) is 17.3 Å². The number of carbonyl (C=O) groups is 1. The second-order valence-electron chi connectivity index (χ2n) is 4.83. The molecule has 6 nitrogen and oxygen atoms in total. The Labute approximate surface area is 117 Å². The van der Waals surface area contributed by atoms with Crippen LogP contribution in [0.15, 0.2) is 29.4 Å². The third kappa shape index (κ3) is 3.27. The zero-order valence-corrected chi connectivity index (χ0v) is 11.5. The summed E-state index contributed by atoms with van der Waals surface area (Å²) in [6.07, 6.45) is 2.35. The number of nitrogens with two attached hydrogens (primary N) is 1. The molecule has 1 aliphatic rings. The SMILES string of the molecule is CN(C(=O)CC1CCCO1)c1cccc(C(N)=NO)c1. The minimum absolute atomic E-state index is 0.00596. The second-order valence-corrected chi connectivity index (χ2v) is 4.83. The molecule has 1 aromatic carbocycles. The van der Waals surface area contributed by atoms with Crippen LogP contribution in [0.1, 0.15) is 24.8 Å². The van der Waals surface area contributed by atoms with Crippen molar-refractivity contribution in [3.8, 4) is 0 Å². The van der Waals surface area contributed by atoms with Gasteiger partial charge in [0.2, 0.25) is 5.91 Å². The Balaban J connectivity index is 2.07. The molecular formula is C14H19N3O3. The fourth-order valence-electron chi connectivity index (χ4n) is 2.21. The van der Waals surface area contributed by atoms with Crippen LogP contribution in [0.2, 0.25) is 0 Å². The fourth-order valence-corrected chi connectivity index (χ4v) is 2.21. The highest BCUT2D eigenvalue weighted by Gasteiger charge is 2.21. The van der Waals surface area contributed by atoms with Crippen LogP contribution in [0.5, 0.6) is 0 Å². The molecule has 1 aromatic rings. The standard InChI is InChI=1S/C14H19N3O3/c1-17(13(18)9-12-6-3-7-20-12)11-5-2-4-10(8-11)14(15)16-19/h2,4-5,8,12,19H,3,6-7,9H2,1H3,(H2,15,16). The quantitative estimate of drug-likeness (QED) is 0.376. The molecule has 1 fully saturated rings. The normalized spacial score (nSPS) is 19.1. The van der Waals surface area contributed by atoms with E-state index in [-0.39, 0.29) is 17.8 Å². The average molecular weight is 277 g/mol. The van der Waals surface area contributed by atoms with Gasteiger partial charge in [-0.05, 0) is 25.0 Å². The lowest BCUT2D eigenvalue weighted by Crippen LogP contribution is -2.29. The smallest absolute Gasteiger partial charge is 0.229 e. The van der Waals surface area contributed by atoms with Crippen LogP contribution >= 0.6 is 0 Å². The van der Waals surface area contributed by atoms with Crippen molar-refractivity contribution in [3.05, 3.63) is 29.8 Å². The molecule has 0 bridgehead atoms. The zero-order valence-electron chi connectivity index (χ0n) is 11.5. The first-order valence-electron chi connectivity index (χ1n) is 6.58. The molecule has 1 atom stereocenters. The summed E-state index contributed by atoms with van der Waals surface area (Å²) in [4.78, 5) is 13.8. The van der Waals surface area contributed by atoms with Crippen molar-refractivity contribution in [2.75, 3.05) is 18.6 Å². The van der Waals surface area contributed by atoms with Crippen LogP contribution in [-0.4, -0.2) is 36.7 Å². The highest BCUT2D eigenvalue weighted by atomic mass is 16.5. The van der Waals surface area contributed by atoms with Crippen molar-refractivity contribution < 1.29 is 14.7 Å². The first-order valence-corrected chi connectivity index (χ1v) is 6.58. The van der Waals surface area contributed by atoms with Crippen LogP contribution in [-0.2, 0) is 9.53 Å². The van der Waals surface area contributed by atoms with Crippen LogP contribution in [0.25, 0.3) is 0 Å². The molecule has 1 aliphatic heterocycles. The number of ether oxygens (including phenoxy) is 1. The van der Waals surface area contributed by atoms with Gasteiger partial charge in [0.05, 0.1) is 12.5 Å². The predicted octanol–water partition coefficient (Wildman–Crippen LogP) is 1.31. The van der Waals surface area contributed by atoms with E-state index in [0.717, 1.165) is 19.4 Å². The second kappa shape index (κ2) is 6.38. The van der Waals surface area contributed by atoms with Gasteiger partial charge in [0, 0.05) is 24.9 Å². The molecule has 2 rings (SSSR count). The Morgan fingerprint density at radius 3 is 3.05 bits per heavy atom. The topological polar surface area (TPSA) is 88.2 Å². The van der Waals surface area contributed by atoms with Crippen molar-refractivity contribution in [2.45, 2.75) is 25.4 Å². The molecule has 6 heteroatoms. The monoisotopic (exact) mass is 277 g/mol. The van der Waals surface area contributed by atoms with Gasteiger partial charge in [0.15, 0.2) is 5.84 Å². The molecule has 1 amide bonds. The van der Waals surface area contributed by atoms with Crippen molar-refractivity contribution >= 4 is 17.4 Å². The number of benzene rings is 1. The van der Waals surface area contributed by atoms with E-state index in [4.69, 9.17) is 15.7 Å². The lowest BCUT2D eigenvalue weighted by atomic mass is 10.1. The summed E-state index contributed by atoms with van der Waals surface area (Å²) >= 11 is 0. The first kappa shape index (κ1) is 14.3. The van der Waals surface area contributed by atoms with Gasteiger partial charge < -0.3 is 20.6 Å². The summed E-state index contributed by atoms with van der Waals surface area (Å²) in [5, 5.41) is 11.6. The maximum atomic E-state index is 12.2. The first-order chi connectivity index (χ1) is 9.61. The van der Waals surface area contributed by atoms with Crippen molar-refractivity contribution in [1.29, 1.82) is 0 Å². The maximum Gasteiger partial charge on any atom is 0.229 e. The Kier molecular flexibility index (Phi) is 4.57. The summed E-state index contributed by atoms with van der Waals surface area (Å²) in [6, 6.07) is 7.00. The van der Waals surface area contributed by atoms with Crippen LogP contribution in [0.4, 0.5) is 5.69 Å². The van der Waals surface area contributed by atoms with Crippen LogP contribution in [0, 0.1) is 0 Å². The number of amides is 1. The van der Waals surface area contributed by atoms with E-state index < -0.39 is 0 Å². The molecule has 1 unspecified atom stereocenters. The minimum Gasteiger partial charge on any atom is -0.409 e. The molecule has 1 saturated heterocycles. The Morgan fingerprint density at radius 1 is 1.60 bits per heavy atom. The third-order valence-corrected chi connectivity index (χ3v) is 3.44. The number of hydrogen-bond acceptors (Lipinski definition) is 4. The highest BCUT2D eigenvalue weighted by molar-refractivity contribution is 5.99. The number of hydrogen-bond donors (Lipinski definition) is 2. The number of rotatable bonds is 4. The lowest BCUT2D eigenvalue weighted by molar-refractivity contribution is -0.120. The molecule has 0 aliphatic carbocycles. The van der Waals surface area contributed by atoms with Gasteiger partial charge in [-0.25, -0.2) is 0 Å². The fraction of sp³-hybridized carbons (Fsp3) is 0.429. The average Bonchev–Trinajstić information content (AvgIpc) is 2.98. The van der Waals surface area contributed by atoms with Crippen molar-refractivity contribution in [1.82, 2.24) is 0 Å².